The Labute approximate surface area is 183 Å². The van der Waals surface area contributed by atoms with Crippen LogP contribution in [0.1, 0.15) is 37.6 Å². The molecule has 0 atom stereocenters. The maximum absolute atomic E-state index is 13.0. The first kappa shape index (κ1) is 21.1. The highest BCUT2D eigenvalue weighted by atomic mass is 16.1. The largest absolute Gasteiger partial charge is 0.306 e. The second-order valence-corrected chi connectivity index (χ2v) is 9.21. The number of likely N-dealkylation sites (N-methyl/N-ethyl adjacent to an activating group) is 1. The maximum atomic E-state index is 13.0. The molecule has 4 rings (SSSR count). The van der Waals surface area contributed by atoms with Crippen LogP contribution < -0.4 is 5.56 Å². The summed E-state index contributed by atoms with van der Waals surface area (Å²) in [6, 6.07) is 22.4. The lowest BCUT2D eigenvalue weighted by atomic mass is 9.90. The fourth-order valence-electron chi connectivity index (χ4n) is 3.88. The van der Waals surface area contributed by atoms with Gasteiger partial charge in [-0.05, 0) is 37.2 Å². The molecule has 0 unspecified atom stereocenters. The summed E-state index contributed by atoms with van der Waals surface area (Å²) in [5, 5.41) is 5.90. The minimum absolute atomic E-state index is 0.0587. The number of para-hydroxylation sites is 1. The van der Waals surface area contributed by atoms with Crippen LogP contribution in [0.4, 0.5) is 0 Å². The van der Waals surface area contributed by atoms with Gasteiger partial charge in [0.15, 0.2) is 0 Å². The molecule has 1 N–H and O–H groups in total. The smallest absolute Gasteiger partial charge is 0.254 e. The summed E-state index contributed by atoms with van der Waals surface area (Å²) in [5.74, 6) is 0. The lowest BCUT2D eigenvalue weighted by Gasteiger charge is -2.17. The Balaban J connectivity index is 1.68. The molecular weight excluding hydrogens is 384 g/mol. The molecule has 160 valence electrons. The van der Waals surface area contributed by atoms with Crippen LogP contribution in [0.2, 0.25) is 0 Å². The summed E-state index contributed by atoms with van der Waals surface area (Å²) in [6.45, 7) is 7.94. The Morgan fingerprint density at radius 1 is 1.00 bits per heavy atom. The maximum Gasteiger partial charge on any atom is 0.254 e. The summed E-state index contributed by atoms with van der Waals surface area (Å²) in [4.78, 5) is 18.3. The van der Waals surface area contributed by atoms with Crippen molar-refractivity contribution in [1.82, 2.24) is 19.7 Å². The Morgan fingerprint density at radius 2 is 1.65 bits per heavy atom. The number of H-pyrrole nitrogens is 1. The van der Waals surface area contributed by atoms with Crippen molar-refractivity contribution in [1.29, 1.82) is 0 Å². The van der Waals surface area contributed by atoms with Gasteiger partial charge in [-0.1, -0.05) is 69.3 Å². The Morgan fingerprint density at radius 3 is 2.29 bits per heavy atom. The van der Waals surface area contributed by atoms with E-state index in [1.54, 1.807) is 0 Å². The third-order valence-corrected chi connectivity index (χ3v) is 5.54. The van der Waals surface area contributed by atoms with E-state index in [0.29, 0.717) is 6.54 Å². The minimum atomic E-state index is -0.146. The molecule has 5 heteroatoms. The van der Waals surface area contributed by atoms with E-state index in [0.717, 1.165) is 40.9 Å². The van der Waals surface area contributed by atoms with Gasteiger partial charge < -0.3 is 9.88 Å². The highest BCUT2D eigenvalue weighted by Gasteiger charge is 2.24. The molecule has 0 bridgehead atoms. The van der Waals surface area contributed by atoms with E-state index in [2.05, 4.69) is 62.0 Å². The average Bonchev–Trinajstić information content (AvgIpc) is 3.12. The highest BCUT2D eigenvalue weighted by molar-refractivity contribution is 5.81. The number of benzene rings is 2. The first-order valence-electron chi connectivity index (χ1n) is 10.8. The van der Waals surface area contributed by atoms with Crippen LogP contribution in [0.5, 0.6) is 0 Å². The van der Waals surface area contributed by atoms with Crippen molar-refractivity contribution >= 4 is 11.0 Å². The van der Waals surface area contributed by atoms with Crippen LogP contribution >= 0.6 is 0 Å². The zero-order chi connectivity index (χ0) is 22.0. The molecular formula is C26H30N4O. The van der Waals surface area contributed by atoms with Gasteiger partial charge >= 0.3 is 0 Å². The van der Waals surface area contributed by atoms with E-state index in [9.17, 15) is 4.79 Å². The van der Waals surface area contributed by atoms with Crippen LogP contribution in [-0.2, 0) is 18.4 Å². The van der Waals surface area contributed by atoms with Crippen molar-refractivity contribution in [2.45, 2.75) is 39.2 Å². The van der Waals surface area contributed by atoms with E-state index < -0.39 is 0 Å². The van der Waals surface area contributed by atoms with Crippen LogP contribution in [0.15, 0.2) is 71.5 Å². The zero-order valence-electron chi connectivity index (χ0n) is 18.7. The second kappa shape index (κ2) is 8.52. The molecule has 0 saturated carbocycles. The fourth-order valence-corrected chi connectivity index (χ4v) is 3.88. The zero-order valence-corrected chi connectivity index (χ0v) is 18.7. The van der Waals surface area contributed by atoms with E-state index in [-0.39, 0.29) is 11.0 Å². The normalized spacial score (nSPS) is 12.0. The lowest BCUT2D eigenvalue weighted by Crippen LogP contribution is -2.25. The molecule has 4 aromatic rings. The highest BCUT2D eigenvalue weighted by Crippen LogP contribution is 2.30. The number of hydrogen-bond acceptors (Lipinski definition) is 3. The second-order valence-electron chi connectivity index (χ2n) is 9.21. The predicted octanol–water partition coefficient (Wildman–Crippen LogP) is 4.69. The van der Waals surface area contributed by atoms with Crippen LogP contribution in [0.25, 0.3) is 16.7 Å². The topological polar surface area (TPSA) is 53.9 Å². The lowest BCUT2D eigenvalue weighted by molar-refractivity contribution is 0.330. The molecule has 0 radical (unpaired) electrons. The molecule has 2 aromatic heterocycles. The van der Waals surface area contributed by atoms with Crippen LogP contribution in [-0.4, -0.2) is 33.3 Å². The number of aromatic nitrogens is 3. The van der Waals surface area contributed by atoms with Gasteiger partial charge in [0.1, 0.15) is 5.65 Å². The number of nitrogens with zero attached hydrogens (tertiary/aromatic N) is 3. The predicted molar refractivity (Wildman–Crippen MR) is 127 cm³/mol. The van der Waals surface area contributed by atoms with Gasteiger partial charge in [-0.15, -0.1) is 0 Å². The number of nitrogens with one attached hydrogen (secondary N) is 1. The first-order chi connectivity index (χ1) is 14.8. The van der Waals surface area contributed by atoms with Gasteiger partial charge in [-0.25, -0.2) is 4.68 Å². The minimum Gasteiger partial charge on any atom is -0.306 e. The summed E-state index contributed by atoms with van der Waals surface area (Å²) in [7, 11) is 2.06. The van der Waals surface area contributed by atoms with E-state index in [4.69, 9.17) is 5.10 Å². The van der Waals surface area contributed by atoms with Gasteiger partial charge in [-0.2, -0.15) is 5.10 Å². The first-order valence-corrected chi connectivity index (χ1v) is 10.8. The molecule has 0 aliphatic rings. The molecule has 2 aromatic carbocycles. The number of fused-ring (bicyclic) bond motifs is 1. The van der Waals surface area contributed by atoms with Gasteiger partial charge in [0.25, 0.3) is 5.56 Å². The molecule has 31 heavy (non-hydrogen) atoms. The van der Waals surface area contributed by atoms with E-state index in [1.165, 1.54) is 5.56 Å². The van der Waals surface area contributed by atoms with Crippen molar-refractivity contribution in [2.75, 3.05) is 13.6 Å². The molecule has 0 aliphatic heterocycles. The number of hydrogen-bond donors (Lipinski definition) is 1. The van der Waals surface area contributed by atoms with Crippen LogP contribution in [0, 0.1) is 0 Å². The van der Waals surface area contributed by atoms with E-state index >= 15 is 0 Å². The summed E-state index contributed by atoms with van der Waals surface area (Å²) < 4.78 is 1.85. The number of aromatic amines is 1. The third-order valence-electron chi connectivity index (χ3n) is 5.54. The standard InChI is InChI=1S/C26H30N4O/c1-26(2,3)23-22-17-20(18-29(4)16-15-19-11-7-5-8-12-19)25(31)27-24(22)30(28-23)21-13-9-6-10-14-21/h5-14,17H,15-16,18H2,1-4H3,(H,27,31). The van der Waals surface area contributed by atoms with Gasteiger partial charge in [0.2, 0.25) is 0 Å². The number of rotatable bonds is 6. The molecule has 2 heterocycles. The third kappa shape index (κ3) is 4.62. The van der Waals surface area contributed by atoms with Gasteiger partial charge in [-0.3, -0.25) is 4.79 Å². The summed E-state index contributed by atoms with van der Waals surface area (Å²) >= 11 is 0. The molecule has 5 nitrogen and oxygen atoms in total. The summed E-state index contributed by atoms with van der Waals surface area (Å²) in [5.41, 5.74) is 4.53. The molecule has 0 spiro atoms. The molecule has 0 fully saturated rings. The van der Waals surface area contributed by atoms with Crippen molar-refractivity contribution in [3.63, 3.8) is 0 Å². The number of pyridine rings is 1. The molecule has 0 amide bonds. The molecule has 0 saturated heterocycles. The van der Waals surface area contributed by atoms with Crippen molar-refractivity contribution in [2.24, 2.45) is 0 Å². The van der Waals surface area contributed by atoms with Crippen molar-refractivity contribution in [3.05, 3.63) is 93.9 Å². The fraction of sp³-hybridized carbons (Fsp3) is 0.308. The Kier molecular flexibility index (Phi) is 5.79. The van der Waals surface area contributed by atoms with Crippen LogP contribution in [0.3, 0.4) is 0 Å². The van der Waals surface area contributed by atoms with E-state index in [1.807, 2.05) is 47.1 Å². The Hall–Kier alpha value is -3.18. The van der Waals surface area contributed by atoms with Gasteiger partial charge in [0.05, 0.1) is 11.4 Å². The summed E-state index contributed by atoms with van der Waals surface area (Å²) in [6.07, 6.45) is 0.955. The quantitative estimate of drug-likeness (QED) is 0.498. The van der Waals surface area contributed by atoms with Crippen molar-refractivity contribution in [3.8, 4) is 5.69 Å². The van der Waals surface area contributed by atoms with Crippen molar-refractivity contribution < 1.29 is 0 Å². The average molecular weight is 415 g/mol. The Bertz CT molecular complexity index is 1220. The SMILES string of the molecule is CN(CCc1ccccc1)Cc1cc2c(C(C)(C)C)nn(-c3ccccc3)c2[nH]c1=O. The molecule has 0 aliphatic carbocycles. The monoisotopic (exact) mass is 414 g/mol. The van der Waals surface area contributed by atoms with Gasteiger partial charge in [0, 0.05) is 29.5 Å².